The number of aryl methyl sites for hydroxylation is 1. The van der Waals surface area contributed by atoms with Gasteiger partial charge in [0.2, 0.25) is 0 Å². The van der Waals surface area contributed by atoms with E-state index in [-0.39, 0.29) is 6.04 Å². The van der Waals surface area contributed by atoms with Gasteiger partial charge in [0, 0.05) is 48.6 Å². The second-order valence-corrected chi connectivity index (χ2v) is 10.8. The molecule has 0 radical (unpaired) electrons. The first-order chi connectivity index (χ1) is 14.3. The highest BCUT2D eigenvalue weighted by Gasteiger charge is 2.55. The van der Waals surface area contributed by atoms with E-state index in [1.165, 1.54) is 6.26 Å². The fourth-order valence-corrected chi connectivity index (χ4v) is 5.76. The van der Waals surface area contributed by atoms with Crippen LogP contribution in [0.4, 0.5) is 5.82 Å². The molecule has 3 heterocycles. The summed E-state index contributed by atoms with van der Waals surface area (Å²) in [5.41, 5.74) is 2.62. The molecule has 8 heteroatoms. The first-order valence-corrected chi connectivity index (χ1v) is 12.2. The summed E-state index contributed by atoms with van der Waals surface area (Å²) in [6.07, 6.45) is 4.55. The lowest BCUT2D eigenvalue weighted by atomic mass is 10.1. The molecule has 1 saturated carbocycles. The van der Waals surface area contributed by atoms with Crippen molar-refractivity contribution in [3.8, 4) is 11.4 Å². The Kier molecular flexibility index (Phi) is 4.41. The average molecular weight is 427 g/mol. The van der Waals surface area contributed by atoms with Crippen LogP contribution in [-0.2, 0) is 26.4 Å². The van der Waals surface area contributed by atoms with Gasteiger partial charge in [-0.05, 0) is 31.9 Å². The maximum Gasteiger partial charge on any atom is 0.162 e. The normalized spacial score (nSPS) is 21.2. The Balaban J connectivity index is 1.73. The lowest BCUT2D eigenvalue weighted by Crippen LogP contribution is -2.44. The van der Waals surface area contributed by atoms with Crippen molar-refractivity contribution in [2.75, 3.05) is 30.9 Å². The minimum absolute atomic E-state index is 0.162. The standard InChI is InChI=1S/C22H26N4O3S/c1-15-14-29-12-11-26(15)20-13-19(22(8-9-22)30(3,27)28)23-21(24-20)17-5-4-6-18-16(17)7-10-25(18)2/h4-7,10,13,15H,8-9,11-12,14H2,1-3H3/t15-/m1/s1. The molecule has 7 nitrogen and oxygen atoms in total. The summed E-state index contributed by atoms with van der Waals surface area (Å²) in [6, 6.07) is 10.2. The van der Waals surface area contributed by atoms with Gasteiger partial charge >= 0.3 is 0 Å². The van der Waals surface area contributed by atoms with Crippen molar-refractivity contribution in [3.63, 3.8) is 0 Å². The molecule has 2 fully saturated rings. The minimum atomic E-state index is -3.28. The van der Waals surface area contributed by atoms with Crippen LogP contribution in [-0.4, -0.2) is 55.0 Å². The molecule has 3 aromatic rings. The maximum atomic E-state index is 12.6. The van der Waals surface area contributed by atoms with E-state index in [0.717, 1.165) is 28.8 Å². The van der Waals surface area contributed by atoms with Crippen LogP contribution in [0, 0.1) is 0 Å². The number of anilines is 1. The van der Waals surface area contributed by atoms with Crippen LogP contribution in [0.1, 0.15) is 25.5 Å². The quantitative estimate of drug-likeness (QED) is 0.638. The minimum Gasteiger partial charge on any atom is -0.377 e. The molecule has 0 amide bonds. The Labute approximate surface area is 176 Å². The Morgan fingerprint density at radius 2 is 2.00 bits per heavy atom. The fourth-order valence-electron chi connectivity index (χ4n) is 4.43. The summed E-state index contributed by atoms with van der Waals surface area (Å²) < 4.78 is 32.0. The lowest BCUT2D eigenvalue weighted by Gasteiger charge is -2.34. The van der Waals surface area contributed by atoms with Crippen molar-refractivity contribution >= 4 is 26.6 Å². The number of ether oxygens (including phenoxy) is 1. The molecule has 1 aliphatic heterocycles. The molecule has 2 aromatic heterocycles. The monoisotopic (exact) mass is 426 g/mol. The van der Waals surface area contributed by atoms with Crippen LogP contribution in [0.15, 0.2) is 36.5 Å². The molecule has 1 atom stereocenters. The molecule has 5 rings (SSSR count). The molecule has 158 valence electrons. The van der Waals surface area contributed by atoms with E-state index in [1.807, 2.05) is 31.4 Å². The molecular weight excluding hydrogens is 400 g/mol. The number of benzene rings is 1. The number of morpholine rings is 1. The summed E-state index contributed by atoms with van der Waals surface area (Å²) in [7, 11) is -1.27. The van der Waals surface area contributed by atoms with Gasteiger partial charge in [-0.1, -0.05) is 12.1 Å². The second-order valence-electron chi connectivity index (χ2n) is 8.48. The topological polar surface area (TPSA) is 77.3 Å². The average Bonchev–Trinajstić information content (AvgIpc) is 3.47. The van der Waals surface area contributed by atoms with Gasteiger partial charge in [-0.3, -0.25) is 0 Å². The van der Waals surface area contributed by atoms with Crippen molar-refractivity contribution < 1.29 is 13.2 Å². The van der Waals surface area contributed by atoms with Crippen molar-refractivity contribution in [2.45, 2.75) is 30.6 Å². The van der Waals surface area contributed by atoms with Gasteiger partial charge < -0.3 is 14.2 Å². The van der Waals surface area contributed by atoms with Gasteiger partial charge in [-0.25, -0.2) is 18.4 Å². The zero-order valence-corrected chi connectivity index (χ0v) is 18.3. The van der Waals surface area contributed by atoms with Crippen molar-refractivity contribution in [1.82, 2.24) is 14.5 Å². The molecule has 30 heavy (non-hydrogen) atoms. The number of hydrogen-bond acceptors (Lipinski definition) is 6. The lowest BCUT2D eigenvalue weighted by molar-refractivity contribution is 0.0985. The SMILES string of the molecule is C[C@@H]1COCCN1c1cc(C2(S(C)(=O)=O)CC2)nc(-c2cccc3c2ccn3C)n1. The van der Waals surface area contributed by atoms with E-state index in [9.17, 15) is 8.42 Å². The van der Waals surface area contributed by atoms with Crippen molar-refractivity contribution in [1.29, 1.82) is 0 Å². The highest BCUT2D eigenvalue weighted by molar-refractivity contribution is 7.91. The van der Waals surface area contributed by atoms with Crippen LogP contribution in [0.2, 0.25) is 0 Å². The third-order valence-corrected chi connectivity index (χ3v) is 8.46. The predicted octanol–water partition coefficient (Wildman–Crippen LogP) is 2.89. The fraction of sp³-hybridized carbons (Fsp3) is 0.455. The maximum absolute atomic E-state index is 12.6. The molecule has 1 aromatic carbocycles. The van der Waals surface area contributed by atoms with Crippen LogP contribution >= 0.6 is 0 Å². The van der Waals surface area contributed by atoms with Gasteiger partial charge in [0.15, 0.2) is 15.7 Å². The summed E-state index contributed by atoms with van der Waals surface area (Å²) in [4.78, 5) is 11.9. The van der Waals surface area contributed by atoms with Crippen LogP contribution < -0.4 is 4.90 Å². The van der Waals surface area contributed by atoms with E-state index < -0.39 is 14.6 Å². The molecule has 0 bridgehead atoms. The molecule has 0 N–H and O–H groups in total. The number of hydrogen-bond donors (Lipinski definition) is 0. The third-order valence-electron chi connectivity index (χ3n) is 6.42. The molecule has 0 spiro atoms. The van der Waals surface area contributed by atoms with Gasteiger partial charge in [0.05, 0.1) is 24.9 Å². The number of fused-ring (bicyclic) bond motifs is 1. The number of nitrogens with zero attached hydrogens (tertiary/aromatic N) is 4. The van der Waals surface area contributed by atoms with E-state index in [2.05, 4.69) is 28.5 Å². The number of aromatic nitrogens is 3. The summed E-state index contributed by atoms with van der Waals surface area (Å²) in [5, 5.41) is 1.06. The molecule has 1 aliphatic carbocycles. The number of sulfone groups is 1. The molecular formula is C22H26N4O3S. The van der Waals surface area contributed by atoms with Gasteiger partial charge in [-0.2, -0.15) is 0 Å². The second kappa shape index (κ2) is 6.78. The Bertz CT molecular complexity index is 1230. The smallest absolute Gasteiger partial charge is 0.162 e. The van der Waals surface area contributed by atoms with E-state index in [4.69, 9.17) is 14.7 Å². The predicted molar refractivity (Wildman–Crippen MR) is 117 cm³/mol. The van der Waals surface area contributed by atoms with Crippen molar-refractivity contribution in [3.05, 3.63) is 42.2 Å². The van der Waals surface area contributed by atoms with Crippen LogP contribution in [0.3, 0.4) is 0 Å². The van der Waals surface area contributed by atoms with E-state index in [0.29, 0.717) is 37.6 Å². The third kappa shape index (κ3) is 3.01. The summed E-state index contributed by atoms with van der Waals surface area (Å²) in [6.45, 7) is 4.07. The Hall–Kier alpha value is -2.45. The van der Waals surface area contributed by atoms with Crippen LogP contribution in [0.25, 0.3) is 22.3 Å². The zero-order valence-electron chi connectivity index (χ0n) is 17.5. The highest BCUT2D eigenvalue weighted by Crippen LogP contribution is 2.52. The Morgan fingerprint density at radius 1 is 1.20 bits per heavy atom. The van der Waals surface area contributed by atoms with E-state index >= 15 is 0 Å². The number of rotatable bonds is 4. The summed E-state index contributed by atoms with van der Waals surface area (Å²) in [5.74, 6) is 1.35. The Morgan fingerprint density at radius 3 is 2.70 bits per heavy atom. The van der Waals surface area contributed by atoms with Gasteiger partial charge in [-0.15, -0.1) is 0 Å². The largest absolute Gasteiger partial charge is 0.377 e. The van der Waals surface area contributed by atoms with E-state index in [1.54, 1.807) is 0 Å². The first-order valence-electron chi connectivity index (χ1n) is 10.3. The van der Waals surface area contributed by atoms with Gasteiger partial charge in [0.1, 0.15) is 10.6 Å². The molecule has 0 unspecified atom stereocenters. The zero-order chi connectivity index (χ0) is 21.1. The first kappa shape index (κ1) is 19.5. The summed E-state index contributed by atoms with van der Waals surface area (Å²) >= 11 is 0. The highest BCUT2D eigenvalue weighted by atomic mass is 32.2. The van der Waals surface area contributed by atoms with Crippen LogP contribution in [0.5, 0.6) is 0 Å². The molecule has 2 aliphatic rings. The molecule has 1 saturated heterocycles. The van der Waals surface area contributed by atoms with Gasteiger partial charge in [0.25, 0.3) is 0 Å². The van der Waals surface area contributed by atoms with Crippen molar-refractivity contribution in [2.24, 2.45) is 7.05 Å².